The number of rotatable bonds is 6. The van der Waals surface area contributed by atoms with Crippen LogP contribution in [0.25, 0.3) is 39.3 Å². The summed E-state index contributed by atoms with van der Waals surface area (Å²) < 4.78 is 29.1. The highest BCUT2D eigenvalue weighted by Crippen LogP contribution is 2.42. The van der Waals surface area contributed by atoms with Crippen LogP contribution in [0.5, 0.6) is 5.75 Å². The van der Waals surface area contributed by atoms with Gasteiger partial charge in [0.25, 0.3) is 0 Å². The van der Waals surface area contributed by atoms with Gasteiger partial charge < -0.3 is 14.6 Å². The third kappa shape index (κ3) is 5.39. The SMILES string of the molecule is Cc1nc2cc(-c3cccc(-c4ccccc4)c3)nn2c(-c2cc(F)c3c(c2C)CCCO3)c1C(OC(C)(C)C)C(=O)O. The molecular weight excluding hydrogens is 545 g/mol. The second kappa shape index (κ2) is 10.9. The molecular formula is C35H34FN3O4. The third-order valence-corrected chi connectivity index (χ3v) is 7.74. The molecule has 1 aliphatic rings. The van der Waals surface area contributed by atoms with Crippen molar-refractivity contribution in [2.24, 2.45) is 0 Å². The fourth-order valence-corrected chi connectivity index (χ4v) is 5.83. The number of aliphatic carboxylic acids is 1. The van der Waals surface area contributed by atoms with Gasteiger partial charge in [0.2, 0.25) is 0 Å². The van der Waals surface area contributed by atoms with Crippen LogP contribution in [0.4, 0.5) is 4.39 Å². The number of hydrogen-bond acceptors (Lipinski definition) is 5. The second-order valence-electron chi connectivity index (χ2n) is 11.9. The van der Waals surface area contributed by atoms with Crippen LogP contribution in [0.15, 0.2) is 66.7 Å². The number of aromatic nitrogens is 3. The van der Waals surface area contributed by atoms with E-state index in [-0.39, 0.29) is 5.75 Å². The van der Waals surface area contributed by atoms with Crippen molar-refractivity contribution in [3.05, 3.63) is 94.9 Å². The molecule has 7 nitrogen and oxygen atoms in total. The maximum Gasteiger partial charge on any atom is 0.337 e. The van der Waals surface area contributed by atoms with Gasteiger partial charge in [0, 0.05) is 34.0 Å². The van der Waals surface area contributed by atoms with Gasteiger partial charge in [0.15, 0.2) is 23.3 Å². The Hall–Kier alpha value is -4.56. The molecule has 1 aliphatic heterocycles. The Balaban J connectivity index is 1.63. The van der Waals surface area contributed by atoms with Gasteiger partial charge in [-0.1, -0.05) is 48.5 Å². The summed E-state index contributed by atoms with van der Waals surface area (Å²) in [6.07, 6.45) is 0.0604. The van der Waals surface area contributed by atoms with Crippen LogP contribution in [-0.2, 0) is 16.0 Å². The van der Waals surface area contributed by atoms with E-state index >= 15 is 4.39 Å². The summed E-state index contributed by atoms with van der Waals surface area (Å²) in [5.41, 5.74) is 6.76. The quantitative estimate of drug-likeness (QED) is 0.221. The summed E-state index contributed by atoms with van der Waals surface area (Å²) in [5.74, 6) is -1.39. The molecule has 0 saturated carbocycles. The van der Waals surface area contributed by atoms with Crippen LogP contribution in [0.2, 0.25) is 0 Å². The number of nitrogens with zero attached hydrogens (tertiary/aromatic N) is 3. The molecule has 2 aromatic heterocycles. The minimum atomic E-state index is -1.37. The molecule has 6 rings (SSSR count). The zero-order valence-electron chi connectivity index (χ0n) is 24.9. The summed E-state index contributed by atoms with van der Waals surface area (Å²) in [6.45, 7) is 9.54. The minimum absolute atomic E-state index is 0.260. The van der Waals surface area contributed by atoms with Gasteiger partial charge in [-0.25, -0.2) is 18.7 Å². The van der Waals surface area contributed by atoms with Gasteiger partial charge in [-0.2, -0.15) is 5.10 Å². The van der Waals surface area contributed by atoms with E-state index in [9.17, 15) is 9.90 Å². The lowest BCUT2D eigenvalue weighted by Crippen LogP contribution is -2.29. The van der Waals surface area contributed by atoms with Crippen LogP contribution < -0.4 is 4.74 Å². The lowest BCUT2D eigenvalue weighted by Gasteiger charge is -2.28. The molecule has 0 bridgehead atoms. The monoisotopic (exact) mass is 579 g/mol. The van der Waals surface area contributed by atoms with Crippen molar-refractivity contribution < 1.29 is 23.8 Å². The third-order valence-electron chi connectivity index (χ3n) is 7.74. The van der Waals surface area contributed by atoms with E-state index < -0.39 is 23.5 Å². The first-order valence-corrected chi connectivity index (χ1v) is 14.4. The van der Waals surface area contributed by atoms with Crippen molar-refractivity contribution in [2.75, 3.05) is 6.61 Å². The van der Waals surface area contributed by atoms with Crippen molar-refractivity contribution in [2.45, 2.75) is 59.2 Å². The molecule has 1 unspecified atom stereocenters. The smallest absolute Gasteiger partial charge is 0.337 e. The number of aryl methyl sites for hydroxylation is 1. The highest BCUT2D eigenvalue weighted by atomic mass is 19.1. The summed E-state index contributed by atoms with van der Waals surface area (Å²) in [6, 6.07) is 21.4. The Morgan fingerprint density at radius 1 is 1.02 bits per heavy atom. The number of halogens is 1. The molecule has 8 heteroatoms. The summed E-state index contributed by atoms with van der Waals surface area (Å²) in [7, 11) is 0. The first-order chi connectivity index (χ1) is 20.5. The van der Waals surface area contributed by atoms with Gasteiger partial charge in [0.05, 0.1) is 23.6 Å². The predicted octanol–water partition coefficient (Wildman–Crippen LogP) is 7.75. The molecule has 0 radical (unpaired) electrons. The molecule has 0 saturated heterocycles. The second-order valence-corrected chi connectivity index (χ2v) is 11.9. The Bertz CT molecular complexity index is 1860. The first kappa shape index (κ1) is 28.6. The molecule has 43 heavy (non-hydrogen) atoms. The molecule has 5 aromatic rings. The maximum atomic E-state index is 15.6. The number of benzene rings is 3. The zero-order chi connectivity index (χ0) is 30.5. The summed E-state index contributed by atoms with van der Waals surface area (Å²) in [5, 5.41) is 15.4. The highest BCUT2D eigenvalue weighted by Gasteiger charge is 2.34. The van der Waals surface area contributed by atoms with E-state index in [1.807, 2.05) is 49.4 Å². The minimum Gasteiger partial charge on any atom is -0.490 e. The van der Waals surface area contributed by atoms with Gasteiger partial charge in [-0.05, 0) is 76.3 Å². The zero-order valence-corrected chi connectivity index (χ0v) is 24.9. The molecule has 0 fully saturated rings. The van der Waals surface area contributed by atoms with Crippen molar-refractivity contribution >= 4 is 11.6 Å². The molecule has 0 spiro atoms. The molecule has 220 valence electrons. The average Bonchev–Trinajstić information content (AvgIpc) is 3.41. The molecule has 0 amide bonds. The Morgan fingerprint density at radius 2 is 1.74 bits per heavy atom. The topological polar surface area (TPSA) is 86.0 Å². The highest BCUT2D eigenvalue weighted by molar-refractivity contribution is 5.83. The van der Waals surface area contributed by atoms with Crippen LogP contribution >= 0.6 is 0 Å². The van der Waals surface area contributed by atoms with Crippen molar-refractivity contribution in [1.82, 2.24) is 14.6 Å². The predicted molar refractivity (Wildman–Crippen MR) is 164 cm³/mol. The fraction of sp³-hybridized carbons (Fsp3) is 0.286. The number of carboxylic acids is 1. The van der Waals surface area contributed by atoms with E-state index in [1.54, 1.807) is 32.2 Å². The van der Waals surface area contributed by atoms with Crippen molar-refractivity contribution in [3.63, 3.8) is 0 Å². The largest absolute Gasteiger partial charge is 0.490 e. The lowest BCUT2D eigenvalue weighted by molar-refractivity contribution is -0.160. The number of ether oxygens (including phenoxy) is 2. The molecule has 3 heterocycles. The Labute approximate surface area is 249 Å². The van der Waals surface area contributed by atoms with Crippen LogP contribution in [-0.4, -0.2) is 37.9 Å². The first-order valence-electron chi connectivity index (χ1n) is 14.4. The van der Waals surface area contributed by atoms with Crippen LogP contribution in [0.3, 0.4) is 0 Å². The number of hydrogen-bond donors (Lipinski definition) is 1. The van der Waals surface area contributed by atoms with Gasteiger partial charge in [-0.15, -0.1) is 0 Å². The molecule has 1 N–H and O–H groups in total. The molecule has 3 aromatic carbocycles. The van der Waals surface area contributed by atoms with Crippen LogP contribution in [0, 0.1) is 19.7 Å². The molecule has 0 aliphatic carbocycles. The Morgan fingerprint density at radius 3 is 2.47 bits per heavy atom. The van der Waals surface area contributed by atoms with Crippen molar-refractivity contribution in [1.29, 1.82) is 0 Å². The Kier molecular flexibility index (Phi) is 7.26. The number of fused-ring (bicyclic) bond motifs is 2. The fourth-order valence-electron chi connectivity index (χ4n) is 5.83. The number of carboxylic acid groups (broad SMARTS) is 1. The lowest BCUT2D eigenvalue weighted by atomic mass is 9.91. The standard InChI is InChI=1S/C35H34FN3O4/c1-20-25-15-10-16-42-32(25)27(36)18-26(20)31-30(33(34(40)41)43-35(3,4)5)21(2)37-29-19-28(38-39(29)31)24-14-9-13-23(17-24)22-11-7-6-8-12-22/h6-9,11-14,17-19,33H,10,15-16H2,1-5H3,(H,40,41). The van der Waals surface area contributed by atoms with E-state index in [0.717, 1.165) is 34.2 Å². The van der Waals surface area contributed by atoms with Crippen molar-refractivity contribution in [3.8, 4) is 39.4 Å². The summed E-state index contributed by atoms with van der Waals surface area (Å²) >= 11 is 0. The molecule has 1 atom stereocenters. The normalized spacial score (nSPS) is 13.9. The van der Waals surface area contributed by atoms with Crippen LogP contribution in [0.1, 0.15) is 55.7 Å². The van der Waals surface area contributed by atoms with Gasteiger partial charge in [-0.3, -0.25) is 0 Å². The average molecular weight is 580 g/mol. The van der Waals surface area contributed by atoms with E-state index in [4.69, 9.17) is 19.6 Å². The summed E-state index contributed by atoms with van der Waals surface area (Å²) in [4.78, 5) is 17.6. The van der Waals surface area contributed by atoms with E-state index in [0.29, 0.717) is 46.9 Å². The van der Waals surface area contributed by atoms with E-state index in [2.05, 4.69) is 18.2 Å². The van der Waals surface area contributed by atoms with E-state index in [1.165, 1.54) is 6.07 Å². The van der Waals surface area contributed by atoms with Gasteiger partial charge in [0.1, 0.15) is 0 Å². The number of carbonyl (C=O) groups is 1. The maximum absolute atomic E-state index is 15.6. The van der Waals surface area contributed by atoms with Gasteiger partial charge >= 0.3 is 5.97 Å².